The average molecular weight is 455 g/mol. The topological polar surface area (TPSA) is 96.8 Å². The van der Waals surface area contributed by atoms with Gasteiger partial charge < -0.3 is 9.84 Å². The number of pyridine rings is 1. The molecule has 1 heterocycles. The molecular weight excluding hydrogens is 428 g/mol. The van der Waals surface area contributed by atoms with Crippen molar-refractivity contribution in [2.24, 2.45) is 5.92 Å². The van der Waals surface area contributed by atoms with Crippen molar-refractivity contribution < 1.29 is 23.1 Å². The van der Waals surface area contributed by atoms with Gasteiger partial charge in [-0.3, -0.25) is 9.78 Å². The molecule has 1 N–H and O–H groups in total. The number of ether oxygens (including phenoxy) is 1. The SMILES string of the molecule is COc1ccc(S(=O)(=O)N(Cc2ccncc2)[C@@H]2CCCCC2CC(=O)O)cc1.Cl. The van der Waals surface area contributed by atoms with E-state index >= 15 is 0 Å². The van der Waals surface area contributed by atoms with Gasteiger partial charge in [0.2, 0.25) is 10.0 Å². The Labute approximate surface area is 183 Å². The van der Waals surface area contributed by atoms with Crippen LogP contribution >= 0.6 is 12.4 Å². The van der Waals surface area contributed by atoms with E-state index in [1.807, 2.05) is 0 Å². The van der Waals surface area contributed by atoms with Crippen molar-refractivity contribution in [1.82, 2.24) is 9.29 Å². The van der Waals surface area contributed by atoms with Crippen molar-refractivity contribution in [3.05, 3.63) is 54.4 Å². The standard InChI is InChI=1S/C21H26N2O5S.ClH/c1-28-18-6-8-19(9-7-18)29(26,27)23(15-16-10-12-22-13-11-16)20-5-3-2-4-17(20)14-21(24)25;/h6-13,17,20H,2-5,14-15H2,1H3,(H,24,25);1H/t17?,20-;/m1./s1. The van der Waals surface area contributed by atoms with Gasteiger partial charge in [0, 0.05) is 31.4 Å². The molecule has 0 spiro atoms. The summed E-state index contributed by atoms with van der Waals surface area (Å²) in [6, 6.07) is 9.50. The zero-order valence-electron chi connectivity index (χ0n) is 16.8. The maximum Gasteiger partial charge on any atom is 0.303 e. The summed E-state index contributed by atoms with van der Waals surface area (Å²) in [5, 5.41) is 9.34. The van der Waals surface area contributed by atoms with Gasteiger partial charge in [-0.2, -0.15) is 4.31 Å². The minimum atomic E-state index is -3.83. The highest BCUT2D eigenvalue weighted by molar-refractivity contribution is 7.89. The zero-order valence-corrected chi connectivity index (χ0v) is 18.4. The quantitative estimate of drug-likeness (QED) is 0.652. The number of nitrogens with zero attached hydrogens (tertiary/aromatic N) is 2. The number of aliphatic carboxylic acids is 1. The molecule has 1 aliphatic rings. The molecule has 0 saturated heterocycles. The van der Waals surface area contributed by atoms with Crippen LogP contribution in [0.4, 0.5) is 0 Å². The fourth-order valence-corrected chi connectivity index (χ4v) is 5.67. The lowest BCUT2D eigenvalue weighted by molar-refractivity contribution is -0.138. The van der Waals surface area contributed by atoms with E-state index in [1.54, 1.807) is 36.7 Å². The van der Waals surface area contributed by atoms with Crippen LogP contribution in [-0.4, -0.2) is 41.9 Å². The predicted molar refractivity (Wildman–Crippen MR) is 115 cm³/mol. The molecule has 1 aromatic carbocycles. The number of carboxylic acid groups (broad SMARTS) is 1. The molecule has 2 atom stereocenters. The molecule has 2 aromatic rings. The van der Waals surface area contributed by atoms with Crippen LogP contribution in [0.5, 0.6) is 5.75 Å². The van der Waals surface area contributed by atoms with E-state index in [4.69, 9.17) is 4.74 Å². The Morgan fingerprint density at radius 2 is 1.77 bits per heavy atom. The Kier molecular flexibility index (Phi) is 8.64. The summed E-state index contributed by atoms with van der Waals surface area (Å²) in [5.41, 5.74) is 0.816. The first-order valence-corrected chi connectivity index (χ1v) is 11.1. The largest absolute Gasteiger partial charge is 0.497 e. The molecule has 1 unspecified atom stereocenters. The van der Waals surface area contributed by atoms with Gasteiger partial charge in [-0.25, -0.2) is 8.42 Å². The minimum Gasteiger partial charge on any atom is -0.497 e. The van der Waals surface area contributed by atoms with Crippen LogP contribution in [0.15, 0.2) is 53.7 Å². The summed E-state index contributed by atoms with van der Waals surface area (Å²) in [7, 11) is -2.30. The van der Waals surface area contributed by atoms with E-state index in [9.17, 15) is 18.3 Å². The highest BCUT2D eigenvalue weighted by Gasteiger charge is 2.38. The second-order valence-corrected chi connectivity index (χ2v) is 9.18. The molecule has 7 nitrogen and oxygen atoms in total. The molecule has 1 aromatic heterocycles. The van der Waals surface area contributed by atoms with E-state index in [1.165, 1.54) is 23.5 Å². The Hall–Kier alpha value is -2.16. The number of hydrogen-bond donors (Lipinski definition) is 1. The molecule has 0 bridgehead atoms. The van der Waals surface area contributed by atoms with Gasteiger partial charge in [-0.15, -0.1) is 12.4 Å². The van der Waals surface area contributed by atoms with Gasteiger partial charge in [0.1, 0.15) is 5.75 Å². The number of carboxylic acids is 1. The lowest BCUT2D eigenvalue weighted by Gasteiger charge is -2.38. The van der Waals surface area contributed by atoms with E-state index in [0.717, 1.165) is 18.4 Å². The number of aromatic nitrogens is 1. The highest BCUT2D eigenvalue weighted by Crippen LogP contribution is 2.35. The predicted octanol–water partition coefficient (Wildman–Crippen LogP) is 3.74. The van der Waals surface area contributed by atoms with E-state index in [0.29, 0.717) is 18.6 Å². The molecule has 1 aliphatic carbocycles. The minimum absolute atomic E-state index is 0. The summed E-state index contributed by atoms with van der Waals surface area (Å²) < 4.78 is 33.8. The summed E-state index contributed by atoms with van der Waals surface area (Å²) in [4.78, 5) is 15.6. The van der Waals surface area contributed by atoms with E-state index in [2.05, 4.69) is 4.98 Å². The molecule has 1 saturated carbocycles. The van der Waals surface area contributed by atoms with Crippen LogP contribution in [-0.2, 0) is 21.4 Å². The van der Waals surface area contributed by atoms with Gasteiger partial charge in [-0.1, -0.05) is 12.8 Å². The van der Waals surface area contributed by atoms with Gasteiger partial charge in [0.25, 0.3) is 0 Å². The number of sulfonamides is 1. The Morgan fingerprint density at radius 3 is 2.37 bits per heavy atom. The third kappa shape index (κ3) is 5.71. The van der Waals surface area contributed by atoms with Crippen molar-refractivity contribution >= 4 is 28.4 Å². The second kappa shape index (κ2) is 10.7. The van der Waals surface area contributed by atoms with Gasteiger partial charge in [0.15, 0.2) is 0 Å². The first kappa shape index (κ1) is 24.1. The number of benzene rings is 1. The Bertz CT molecular complexity index is 922. The van der Waals surface area contributed by atoms with Crippen LogP contribution in [0, 0.1) is 5.92 Å². The van der Waals surface area contributed by atoms with Crippen molar-refractivity contribution in [2.75, 3.05) is 7.11 Å². The third-order valence-electron chi connectivity index (χ3n) is 5.43. The number of hydrogen-bond acceptors (Lipinski definition) is 5. The normalized spacial score (nSPS) is 19.1. The van der Waals surface area contributed by atoms with Crippen molar-refractivity contribution in [3.63, 3.8) is 0 Å². The summed E-state index contributed by atoms with van der Waals surface area (Å²) >= 11 is 0. The van der Waals surface area contributed by atoms with Gasteiger partial charge in [-0.05, 0) is 60.7 Å². The number of halogens is 1. The van der Waals surface area contributed by atoms with Gasteiger partial charge >= 0.3 is 5.97 Å². The lowest BCUT2D eigenvalue weighted by atomic mass is 9.82. The van der Waals surface area contributed by atoms with E-state index < -0.39 is 16.0 Å². The molecule has 1 fully saturated rings. The lowest BCUT2D eigenvalue weighted by Crippen LogP contribution is -2.46. The number of carbonyl (C=O) groups is 1. The van der Waals surface area contributed by atoms with Crippen molar-refractivity contribution in [2.45, 2.75) is 49.6 Å². The maximum atomic E-state index is 13.6. The van der Waals surface area contributed by atoms with Gasteiger partial charge in [0.05, 0.1) is 12.0 Å². The zero-order chi connectivity index (χ0) is 20.9. The fraction of sp³-hybridized carbons (Fsp3) is 0.429. The Morgan fingerprint density at radius 1 is 1.13 bits per heavy atom. The van der Waals surface area contributed by atoms with Crippen LogP contribution in [0.1, 0.15) is 37.7 Å². The maximum absolute atomic E-state index is 13.6. The molecule has 3 rings (SSSR count). The first-order chi connectivity index (χ1) is 13.9. The third-order valence-corrected chi connectivity index (χ3v) is 7.31. The number of methoxy groups -OCH3 is 1. The summed E-state index contributed by atoms with van der Waals surface area (Å²) in [6.45, 7) is 0.178. The smallest absolute Gasteiger partial charge is 0.303 e. The van der Waals surface area contributed by atoms with Crippen molar-refractivity contribution in [1.29, 1.82) is 0 Å². The van der Waals surface area contributed by atoms with Crippen LogP contribution in [0.2, 0.25) is 0 Å². The summed E-state index contributed by atoms with van der Waals surface area (Å²) in [5.74, 6) is -0.533. The molecule has 9 heteroatoms. The van der Waals surface area contributed by atoms with Crippen LogP contribution in [0.3, 0.4) is 0 Å². The highest BCUT2D eigenvalue weighted by atomic mass is 35.5. The molecule has 164 valence electrons. The van der Waals surface area contributed by atoms with Crippen LogP contribution in [0.25, 0.3) is 0 Å². The Balaban J connectivity index is 0.00000320. The molecule has 0 amide bonds. The van der Waals surface area contributed by atoms with Crippen LogP contribution < -0.4 is 4.74 Å². The molecule has 0 aliphatic heterocycles. The first-order valence-electron chi connectivity index (χ1n) is 9.68. The molecule has 0 radical (unpaired) electrons. The number of rotatable bonds is 8. The van der Waals surface area contributed by atoms with E-state index in [-0.39, 0.29) is 42.2 Å². The second-order valence-electron chi connectivity index (χ2n) is 7.29. The summed E-state index contributed by atoms with van der Waals surface area (Å²) in [6.07, 6.45) is 6.38. The molecular formula is C21H27ClN2O5S. The molecule has 30 heavy (non-hydrogen) atoms. The average Bonchev–Trinajstić information content (AvgIpc) is 2.73. The fourth-order valence-electron chi connectivity index (χ4n) is 3.96. The monoisotopic (exact) mass is 454 g/mol. The van der Waals surface area contributed by atoms with Crippen molar-refractivity contribution in [3.8, 4) is 5.75 Å².